The van der Waals surface area contributed by atoms with E-state index in [1.807, 2.05) is 6.92 Å². The molecule has 3 rings (SSSR count). The van der Waals surface area contributed by atoms with E-state index in [4.69, 9.17) is 11.0 Å². The summed E-state index contributed by atoms with van der Waals surface area (Å²) in [6.45, 7) is 1.93. The van der Waals surface area contributed by atoms with Crippen LogP contribution >= 0.6 is 11.8 Å². The fourth-order valence-corrected chi connectivity index (χ4v) is 3.51. The van der Waals surface area contributed by atoms with Gasteiger partial charge in [0.15, 0.2) is 16.7 Å². The number of carbonyl (C=O) groups excluding carboxylic acids is 1. The lowest BCUT2D eigenvalue weighted by Crippen LogP contribution is -2.29. The summed E-state index contributed by atoms with van der Waals surface area (Å²) in [6, 6.07) is 6.02. The van der Waals surface area contributed by atoms with Gasteiger partial charge in [0, 0.05) is 23.8 Å². The summed E-state index contributed by atoms with van der Waals surface area (Å²) in [7, 11) is 0. The molecule has 0 bridgehead atoms. The van der Waals surface area contributed by atoms with Crippen molar-refractivity contribution in [3.05, 3.63) is 53.4 Å². The highest BCUT2D eigenvalue weighted by Crippen LogP contribution is 2.34. The predicted octanol–water partition coefficient (Wildman–Crippen LogP) is 2.41. The second-order valence-corrected chi connectivity index (χ2v) is 6.99. The number of pyridine rings is 2. The molecule has 1 amide bonds. The molecule has 0 saturated carbocycles. The van der Waals surface area contributed by atoms with Crippen LogP contribution in [-0.4, -0.2) is 26.8 Å². The van der Waals surface area contributed by atoms with Gasteiger partial charge >= 0.3 is 0 Å². The fourth-order valence-electron chi connectivity index (χ4n) is 2.53. The molecule has 9 heteroatoms. The van der Waals surface area contributed by atoms with E-state index >= 15 is 0 Å². The SMILES string of the molecule is C[C@@]1(c2cc(NC(=O)c3ncc(C#N)cc3F)ccn2)CCSC(N)=N1. The average molecular weight is 370 g/mol. The number of rotatable bonds is 3. The van der Waals surface area contributed by atoms with Crippen LogP contribution in [0.25, 0.3) is 0 Å². The first-order valence-corrected chi connectivity index (χ1v) is 8.71. The van der Waals surface area contributed by atoms with Crippen molar-refractivity contribution in [3.8, 4) is 6.07 Å². The van der Waals surface area contributed by atoms with Crippen LogP contribution in [0.1, 0.15) is 35.1 Å². The van der Waals surface area contributed by atoms with Crippen LogP contribution in [0.4, 0.5) is 10.1 Å². The average Bonchev–Trinajstić information content (AvgIpc) is 2.61. The van der Waals surface area contributed by atoms with E-state index in [1.54, 1.807) is 24.4 Å². The molecule has 1 aliphatic heterocycles. The molecular formula is C17H15FN6OS. The monoisotopic (exact) mass is 370 g/mol. The number of nitrogens with two attached hydrogens (primary N) is 1. The summed E-state index contributed by atoms with van der Waals surface area (Å²) in [4.78, 5) is 24.8. The van der Waals surface area contributed by atoms with Crippen molar-refractivity contribution in [1.29, 1.82) is 5.26 Å². The van der Waals surface area contributed by atoms with Gasteiger partial charge in [0.1, 0.15) is 11.6 Å². The number of halogens is 1. The first kappa shape index (κ1) is 17.8. The van der Waals surface area contributed by atoms with E-state index < -0.39 is 17.3 Å². The summed E-state index contributed by atoms with van der Waals surface area (Å²) >= 11 is 1.49. The Morgan fingerprint density at radius 2 is 2.27 bits per heavy atom. The Morgan fingerprint density at radius 1 is 1.46 bits per heavy atom. The van der Waals surface area contributed by atoms with Gasteiger partial charge in [0.25, 0.3) is 5.91 Å². The topological polar surface area (TPSA) is 117 Å². The molecule has 2 aromatic heterocycles. The lowest BCUT2D eigenvalue weighted by atomic mass is 9.94. The highest BCUT2D eigenvalue weighted by molar-refractivity contribution is 8.13. The van der Waals surface area contributed by atoms with E-state index in [-0.39, 0.29) is 11.3 Å². The van der Waals surface area contributed by atoms with Crippen LogP contribution in [-0.2, 0) is 5.54 Å². The van der Waals surface area contributed by atoms with Crippen LogP contribution < -0.4 is 11.1 Å². The summed E-state index contributed by atoms with van der Waals surface area (Å²) in [5, 5.41) is 11.8. The van der Waals surface area contributed by atoms with Crippen molar-refractivity contribution in [3.63, 3.8) is 0 Å². The normalized spacial score (nSPS) is 19.3. The summed E-state index contributed by atoms with van der Waals surface area (Å²) in [6.07, 6.45) is 3.45. The molecule has 132 valence electrons. The molecule has 0 saturated heterocycles. The van der Waals surface area contributed by atoms with Crippen LogP contribution in [0.15, 0.2) is 35.6 Å². The maximum absolute atomic E-state index is 13.9. The largest absolute Gasteiger partial charge is 0.379 e. The number of thioether (sulfide) groups is 1. The maximum atomic E-state index is 13.9. The molecule has 0 radical (unpaired) electrons. The van der Waals surface area contributed by atoms with Gasteiger partial charge in [-0.1, -0.05) is 11.8 Å². The molecule has 0 aromatic carbocycles. The third-order valence-electron chi connectivity index (χ3n) is 3.95. The van der Waals surface area contributed by atoms with Gasteiger partial charge in [-0.3, -0.25) is 9.78 Å². The fraction of sp³-hybridized carbons (Fsp3) is 0.235. The quantitative estimate of drug-likeness (QED) is 0.857. The van der Waals surface area contributed by atoms with Crippen molar-refractivity contribution in [1.82, 2.24) is 9.97 Å². The van der Waals surface area contributed by atoms with Crippen LogP contribution in [0.2, 0.25) is 0 Å². The minimum Gasteiger partial charge on any atom is -0.379 e. The van der Waals surface area contributed by atoms with E-state index in [1.165, 1.54) is 11.8 Å². The maximum Gasteiger partial charge on any atom is 0.277 e. The number of anilines is 1. The molecule has 0 unspecified atom stereocenters. The van der Waals surface area contributed by atoms with Gasteiger partial charge in [-0.05, 0) is 31.5 Å². The Balaban J connectivity index is 1.84. The zero-order valence-electron chi connectivity index (χ0n) is 13.9. The molecule has 0 spiro atoms. The van der Waals surface area contributed by atoms with Gasteiger partial charge in [0.2, 0.25) is 0 Å². The number of hydrogen-bond acceptors (Lipinski definition) is 7. The highest BCUT2D eigenvalue weighted by Gasteiger charge is 2.31. The molecule has 0 fully saturated rings. The number of aromatic nitrogens is 2. The summed E-state index contributed by atoms with van der Waals surface area (Å²) in [5.41, 5.74) is 6.01. The smallest absolute Gasteiger partial charge is 0.277 e. The standard InChI is InChI=1S/C17H15FN6OS/c1-17(3-5-26-16(20)24-17)13-7-11(2-4-21-13)23-15(25)14-12(18)6-10(8-19)9-22-14/h2,4,6-7,9H,3,5H2,1H3,(H2,20,24)(H,21,23,25)/t17-/m0/s1. The number of nitrogens with zero attached hydrogens (tertiary/aromatic N) is 4. The van der Waals surface area contributed by atoms with Gasteiger partial charge in [0.05, 0.1) is 11.3 Å². The van der Waals surface area contributed by atoms with E-state index in [9.17, 15) is 9.18 Å². The Hall–Kier alpha value is -2.99. The Labute approximate surface area is 153 Å². The minimum atomic E-state index is -0.857. The first-order valence-electron chi connectivity index (χ1n) is 7.73. The van der Waals surface area contributed by atoms with E-state index in [0.717, 1.165) is 24.4 Å². The zero-order valence-corrected chi connectivity index (χ0v) is 14.7. The highest BCUT2D eigenvalue weighted by atomic mass is 32.2. The molecule has 3 N–H and O–H groups in total. The third kappa shape index (κ3) is 3.65. The van der Waals surface area contributed by atoms with Crippen molar-refractivity contribution in [2.75, 3.05) is 11.1 Å². The zero-order chi connectivity index (χ0) is 18.7. The lowest BCUT2D eigenvalue weighted by Gasteiger charge is -2.28. The third-order valence-corrected chi connectivity index (χ3v) is 4.75. The Kier molecular flexibility index (Phi) is 4.86. The summed E-state index contributed by atoms with van der Waals surface area (Å²) < 4.78 is 13.9. The second kappa shape index (κ2) is 7.09. The number of nitriles is 1. The van der Waals surface area contributed by atoms with Crippen LogP contribution in [0, 0.1) is 17.1 Å². The van der Waals surface area contributed by atoms with Crippen LogP contribution in [0.5, 0.6) is 0 Å². The van der Waals surface area contributed by atoms with Crippen LogP contribution in [0.3, 0.4) is 0 Å². The number of amides is 1. The minimum absolute atomic E-state index is 0.0452. The van der Waals surface area contributed by atoms with Crippen molar-refractivity contribution in [2.24, 2.45) is 10.7 Å². The lowest BCUT2D eigenvalue weighted by molar-refractivity contribution is 0.101. The van der Waals surface area contributed by atoms with Crippen molar-refractivity contribution >= 4 is 28.5 Å². The number of hydrogen-bond donors (Lipinski definition) is 2. The van der Waals surface area contributed by atoms with Gasteiger partial charge in [-0.25, -0.2) is 14.4 Å². The second-order valence-electron chi connectivity index (χ2n) is 5.87. The number of aliphatic imine (C=N–C) groups is 1. The van der Waals surface area contributed by atoms with Gasteiger partial charge in [-0.2, -0.15) is 5.26 Å². The molecule has 1 aliphatic rings. The number of carbonyl (C=O) groups is 1. The van der Waals surface area contributed by atoms with E-state index in [0.29, 0.717) is 16.5 Å². The molecule has 3 heterocycles. The molecule has 2 aromatic rings. The Bertz CT molecular complexity index is 941. The number of nitrogens with one attached hydrogen (secondary N) is 1. The van der Waals surface area contributed by atoms with Crippen molar-refractivity contribution < 1.29 is 9.18 Å². The molecule has 0 aliphatic carbocycles. The predicted molar refractivity (Wildman–Crippen MR) is 97.1 cm³/mol. The molecule has 1 atom stereocenters. The van der Waals surface area contributed by atoms with Gasteiger partial charge in [-0.15, -0.1) is 0 Å². The first-order chi connectivity index (χ1) is 12.4. The summed E-state index contributed by atoms with van der Waals surface area (Å²) in [5.74, 6) is -0.745. The molecule has 26 heavy (non-hydrogen) atoms. The van der Waals surface area contributed by atoms with E-state index in [2.05, 4.69) is 20.3 Å². The number of amidine groups is 1. The molecular weight excluding hydrogens is 355 g/mol. The Morgan fingerprint density at radius 3 is 2.96 bits per heavy atom. The van der Waals surface area contributed by atoms with Crippen molar-refractivity contribution in [2.45, 2.75) is 18.9 Å². The molecule has 7 nitrogen and oxygen atoms in total. The van der Waals surface area contributed by atoms with Gasteiger partial charge < -0.3 is 11.1 Å².